The molecule has 7 heteroatoms. The number of rotatable bonds is 2. The zero-order valence-corrected chi connectivity index (χ0v) is 12.4. The molecule has 2 fully saturated rings. The molecule has 0 aromatic heterocycles. The highest BCUT2D eigenvalue weighted by atomic mass is 16.4. The minimum Gasteiger partial charge on any atom is -0.481 e. The van der Waals surface area contributed by atoms with Crippen molar-refractivity contribution in [2.45, 2.75) is 38.6 Å². The third-order valence-corrected chi connectivity index (χ3v) is 4.23. The molecule has 0 aromatic rings. The summed E-state index contributed by atoms with van der Waals surface area (Å²) in [5, 5.41) is 11.6. The van der Waals surface area contributed by atoms with E-state index in [1.807, 2.05) is 0 Å². The zero-order chi connectivity index (χ0) is 15.4. The number of amides is 3. The Kier molecular flexibility index (Phi) is 5.03. The number of piperazine rings is 1. The van der Waals surface area contributed by atoms with Crippen LogP contribution < -0.4 is 5.32 Å². The van der Waals surface area contributed by atoms with Crippen LogP contribution in [0.4, 0.5) is 4.79 Å². The Bertz CT molecular complexity index is 426. The number of urea groups is 1. The summed E-state index contributed by atoms with van der Waals surface area (Å²) in [7, 11) is 0. The lowest BCUT2D eigenvalue weighted by molar-refractivity contribution is -0.142. The van der Waals surface area contributed by atoms with E-state index in [2.05, 4.69) is 12.2 Å². The number of likely N-dealkylation sites (tertiary alicyclic amines) is 1. The summed E-state index contributed by atoms with van der Waals surface area (Å²) in [5.41, 5.74) is 0. The van der Waals surface area contributed by atoms with Crippen molar-refractivity contribution in [3.63, 3.8) is 0 Å². The van der Waals surface area contributed by atoms with Gasteiger partial charge in [-0.1, -0.05) is 6.92 Å². The summed E-state index contributed by atoms with van der Waals surface area (Å²) in [6.45, 7) is 4.29. The van der Waals surface area contributed by atoms with Gasteiger partial charge in [0.05, 0.1) is 6.42 Å². The molecule has 118 valence electrons. The molecule has 0 spiro atoms. The van der Waals surface area contributed by atoms with Gasteiger partial charge in [-0.25, -0.2) is 4.79 Å². The van der Waals surface area contributed by atoms with Gasteiger partial charge in [-0.3, -0.25) is 9.59 Å². The number of nitrogens with one attached hydrogen (secondary N) is 1. The second kappa shape index (κ2) is 6.78. The lowest BCUT2D eigenvalue weighted by Crippen LogP contribution is -2.60. The van der Waals surface area contributed by atoms with E-state index in [1.54, 1.807) is 4.90 Å². The van der Waals surface area contributed by atoms with E-state index in [-0.39, 0.29) is 18.4 Å². The Balaban J connectivity index is 2.07. The summed E-state index contributed by atoms with van der Waals surface area (Å²) >= 11 is 0. The summed E-state index contributed by atoms with van der Waals surface area (Å²) in [6, 6.07) is -1.10. The Morgan fingerprint density at radius 3 is 2.76 bits per heavy atom. The van der Waals surface area contributed by atoms with Crippen molar-refractivity contribution >= 4 is 17.9 Å². The molecule has 2 aliphatic rings. The highest BCUT2D eigenvalue weighted by Crippen LogP contribution is 2.19. The zero-order valence-electron chi connectivity index (χ0n) is 12.4. The summed E-state index contributed by atoms with van der Waals surface area (Å²) in [4.78, 5) is 38.6. The van der Waals surface area contributed by atoms with Crippen LogP contribution in [-0.4, -0.2) is 65.0 Å². The maximum atomic E-state index is 12.6. The third-order valence-electron chi connectivity index (χ3n) is 4.23. The number of hydrogen-bond acceptors (Lipinski definition) is 3. The number of hydrogen-bond donors (Lipinski definition) is 2. The SMILES string of the molecule is CC1CCCN(C(=O)N2CCNC(=O)C2CC(=O)O)CC1. The molecule has 21 heavy (non-hydrogen) atoms. The smallest absolute Gasteiger partial charge is 0.320 e. The first-order valence-corrected chi connectivity index (χ1v) is 7.54. The molecule has 0 bridgehead atoms. The molecule has 2 unspecified atom stereocenters. The Hall–Kier alpha value is -1.79. The maximum absolute atomic E-state index is 12.6. The van der Waals surface area contributed by atoms with Gasteiger partial charge < -0.3 is 20.2 Å². The van der Waals surface area contributed by atoms with E-state index < -0.39 is 12.0 Å². The quantitative estimate of drug-likeness (QED) is 0.777. The van der Waals surface area contributed by atoms with Gasteiger partial charge in [-0.15, -0.1) is 0 Å². The Morgan fingerprint density at radius 2 is 2.05 bits per heavy atom. The molecular formula is C14H23N3O4. The number of nitrogens with zero attached hydrogens (tertiary/aromatic N) is 2. The van der Waals surface area contributed by atoms with Crippen LogP contribution in [0.3, 0.4) is 0 Å². The predicted molar refractivity (Wildman–Crippen MR) is 75.7 cm³/mol. The van der Waals surface area contributed by atoms with Crippen molar-refractivity contribution in [2.75, 3.05) is 26.2 Å². The van der Waals surface area contributed by atoms with Crippen LogP contribution in [0.1, 0.15) is 32.6 Å². The van der Waals surface area contributed by atoms with E-state index >= 15 is 0 Å². The lowest BCUT2D eigenvalue weighted by atomic mass is 10.0. The van der Waals surface area contributed by atoms with Crippen molar-refractivity contribution in [3.8, 4) is 0 Å². The van der Waals surface area contributed by atoms with Crippen LogP contribution in [0, 0.1) is 5.92 Å². The third kappa shape index (κ3) is 3.86. The van der Waals surface area contributed by atoms with Gasteiger partial charge in [-0.05, 0) is 25.2 Å². The van der Waals surface area contributed by atoms with Crippen LogP contribution in [0.5, 0.6) is 0 Å². The molecule has 3 amide bonds. The fraction of sp³-hybridized carbons (Fsp3) is 0.786. The average Bonchev–Trinajstić information content (AvgIpc) is 2.65. The summed E-state index contributed by atoms with van der Waals surface area (Å²) in [6.07, 6.45) is 2.66. The van der Waals surface area contributed by atoms with E-state index in [4.69, 9.17) is 5.11 Å². The highest BCUT2D eigenvalue weighted by molar-refractivity contribution is 5.91. The number of carboxylic acid groups (broad SMARTS) is 1. The molecule has 2 N–H and O–H groups in total. The summed E-state index contributed by atoms with van der Waals surface area (Å²) in [5.74, 6) is -0.846. The standard InChI is InChI=1S/C14H23N3O4/c1-10-3-2-6-16(7-4-10)14(21)17-8-5-15-13(20)11(17)9-12(18)19/h10-11H,2-9H2,1H3,(H,15,20)(H,18,19). The van der Waals surface area contributed by atoms with E-state index in [0.29, 0.717) is 32.1 Å². The molecule has 2 rings (SSSR count). The topological polar surface area (TPSA) is 90.0 Å². The van der Waals surface area contributed by atoms with Gasteiger partial charge in [0, 0.05) is 26.2 Å². The first-order chi connectivity index (χ1) is 9.99. The van der Waals surface area contributed by atoms with Crippen molar-refractivity contribution in [3.05, 3.63) is 0 Å². The van der Waals surface area contributed by atoms with Crippen molar-refractivity contribution in [2.24, 2.45) is 5.92 Å². The van der Waals surface area contributed by atoms with E-state index in [9.17, 15) is 14.4 Å². The Labute approximate surface area is 124 Å². The maximum Gasteiger partial charge on any atom is 0.320 e. The number of carbonyl (C=O) groups is 3. The predicted octanol–water partition coefficient (Wildman–Crippen LogP) is 0.504. The number of carboxylic acids is 1. The largest absolute Gasteiger partial charge is 0.481 e. The van der Waals surface area contributed by atoms with Crippen LogP contribution in [0.25, 0.3) is 0 Å². The van der Waals surface area contributed by atoms with Gasteiger partial charge in [0.1, 0.15) is 6.04 Å². The second-order valence-corrected chi connectivity index (χ2v) is 5.90. The molecule has 2 saturated heterocycles. The Morgan fingerprint density at radius 1 is 1.29 bits per heavy atom. The summed E-state index contributed by atoms with van der Waals surface area (Å²) < 4.78 is 0. The molecule has 7 nitrogen and oxygen atoms in total. The average molecular weight is 297 g/mol. The van der Waals surface area contributed by atoms with Crippen molar-refractivity contribution in [1.29, 1.82) is 0 Å². The second-order valence-electron chi connectivity index (χ2n) is 5.90. The number of carbonyl (C=O) groups excluding carboxylic acids is 2. The fourth-order valence-corrected chi connectivity index (χ4v) is 2.95. The first-order valence-electron chi connectivity index (χ1n) is 7.54. The van der Waals surface area contributed by atoms with Crippen LogP contribution in [0.15, 0.2) is 0 Å². The molecule has 0 aromatic carbocycles. The number of aliphatic carboxylic acids is 1. The molecule has 2 aliphatic heterocycles. The molecule has 0 radical (unpaired) electrons. The van der Waals surface area contributed by atoms with Crippen LogP contribution in [-0.2, 0) is 9.59 Å². The molecular weight excluding hydrogens is 274 g/mol. The van der Waals surface area contributed by atoms with Gasteiger partial charge in [-0.2, -0.15) is 0 Å². The molecule has 0 aliphatic carbocycles. The monoisotopic (exact) mass is 297 g/mol. The van der Waals surface area contributed by atoms with Gasteiger partial charge in [0.15, 0.2) is 0 Å². The fourth-order valence-electron chi connectivity index (χ4n) is 2.95. The van der Waals surface area contributed by atoms with E-state index in [1.165, 1.54) is 4.90 Å². The minimum absolute atomic E-state index is 0.204. The molecule has 2 heterocycles. The minimum atomic E-state index is -1.07. The van der Waals surface area contributed by atoms with E-state index in [0.717, 1.165) is 19.3 Å². The van der Waals surface area contributed by atoms with Crippen molar-refractivity contribution < 1.29 is 19.5 Å². The van der Waals surface area contributed by atoms with Gasteiger partial charge in [0.25, 0.3) is 0 Å². The normalized spacial score (nSPS) is 27.0. The highest BCUT2D eigenvalue weighted by Gasteiger charge is 2.36. The lowest BCUT2D eigenvalue weighted by Gasteiger charge is -2.37. The van der Waals surface area contributed by atoms with Crippen LogP contribution in [0.2, 0.25) is 0 Å². The first kappa shape index (κ1) is 15.6. The van der Waals surface area contributed by atoms with Crippen LogP contribution >= 0.6 is 0 Å². The van der Waals surface area contributed by atoms with Gasteiger partial charge in [0.2, 0.25) is 5.91 Å². The molecule has 2 atom stereocenters. The van der Waals surface area contributed by atoms with Gasteiger partial charge >= 0.3 is 12.0 Å². The molecule has 0 saturated carbocycles. The van der Waals surface area contributed by atoms with Crippen molar-refractivity contribution in [1.82, 2.24) is 15.1 Å².